The molecule has 0 aliphatic carbocycles. The molecule has 0 spiro atoms. The number of hydrogen-bond acceptors (Lipinski definition) is 6. The van der Waals surface area contributed by atoms with E-state index < -0.39 is 0 Å². The minimum absolute atomic E-state index is 0.157. The predicted molar refractivity (Wildman–Crippen MR) is 125 cm³/mol. The molecule has 0 bridgehead atoms. The Morgan fingerprint density at radius 3 is 2.59 bits per heavy atom. The van der Waals surface area contributed by atoms with E-state index in [1.807, 2.05) is 19.9 Å². The van der Waals surface area contributed by atoms with E-state index in [4.69, 9.17) is 16.3 Å². The summed E-state index contributed by atoms with van der Waals surface area (Å²) in [6, 6.07) is 11.8. The lowest BCUT2D eigenvalue weighted by Gasteiger charge is -2.14. The minimum atomic E-state index is -0.376. The van der Waals surface area contributed by atoms with E-state index in [-0.39, 0.29) is 23.6 Å². The van der Waals surface area contributed by atoms with Crippen molar-refractivity contribution in [2.45, 2.75) is 25.0 Å². The zero-order chi connectivity index (χ0) is 23.3. The molecular formula is C22H24ClN5O3S. The summed E-state index contributed by atoms with van der Waals surface area (Å²) in [5.41, 5.74) is 2.12. The molecule has 3 aromatic rings. The second kappa shape index (κ2) is 10.5. The highest BCUT2D eigenvalue weighted by Crippen LogP contribution is 2.22. The van der Waals surface area contributed by atoms with Crippen LogP contribution in [0, 0.1) is 6.92 Å². The Bertz CT molecular complexity index is 1120. The van der Waals surface area contributed by atoms with Crippen molar-refractivity contribution in [2.24, 2.45) is 7.05 Å². The maximum absolute atomic E-state index is 12.5. The van der Waals surface area contributed by atoms with Gasteiger partial charge in [-0.3, -0.25) is 9.59 Å². The number of halogens is 1. The number of amides is 2. The second-order valence-electron chi connectivity index (χ2n) is 7.12. The van der Waals surface area contributed by atoms with Crippen LogP contribution in [0.2, 0.25) is 5.02 Å². The maximum Gasteiger partial charge on any atom is 0.251 e. The van der Waals surface area contributed by atoms with E-state index >= 15 is 0 Å². The van der Waals surface area contributed by atoms with E-state index in [0.29, 0.717) is 33.0 Å². The Hall–Kier alpha value is -3.04. The third-order valence-corrected chi connectivity index (χ3v) is 6.02. The van der Waals surface area contributed by atoms with Gasteiger partial charge in [-0.05, 0) is 55.8 Å². The molecule has 1 heterocycles. The number of anilines is 1. The first kappa shape index (κ1) is 23.6. The lowest BCUT2D eigenvalue weighted by molar-refractivity contribution is -0.113. The summed E-state index contributed by atoms with van der Waals surface area (Å²) in [5.74, 6) is 1.02. The molecule has 0 aliphatic rings. The van der Waals surface area contributed by atoms with Crippen LogP contribution in [0.4, 0.5) is 5.69 Å². The van der Waals surface area contributed by atoms with Crippen molar-refractivity contribution in [1.29, 1.82) is 0 Å². The number of nitrogens with one attached hydrogen (secondary N) is 2. The number of thioether (sulfide) groups is 1. The van der Waals surface area contributed by atoms with E-state index in [1.165, 1.54) is 11.8 Å². The number of aryl methyl sites for hydroxylation is 1. The Morgan fingerprint density at radius 1 is 1.19 bits per heavy atom. The molecule has 0 saturated carbocycles. The molecule has 0 aliphatic heterocycles. The molecule has 3 rings (SSSR count). The quantitative estimate of drug-likeness (QED) is 0.480. The van der Waals surface area contributed by atoms with Crippen LogP contribution in [0.1, 0.15) is 34.7 Å². The number of aromatic nitrogens is 3. The van der Waals surface area contributed by atoms with Crippen LogP contribution in [0.3, 0.4) is 0 Å². The van der Waals surface area contributed by atoms with Gasteiger partial charge in [-0.1, -0.05) is 29.4 Å². The number of methoxy groups -OCH3 is 1. The average Bonchev–Trinajstić information content (AvgIpc) is 3.15. The third kappa shape index (κ3) is 5.80. The summed E-state index contributed by atoms with van der Waals surface area (Å²) in [5, 5.41) is 15.2. The standard InChI is InChI=1S/C22H24ClN5O3S/c1-13-5-8-16(23)11-18(13)25-19(29)12-32-22-27-26-20(28(22)3)14(2)24-21(30)15-6-9-17(31-4)10-7-15/h5-11,14H,12H2,1-4H3,(H,24,30)(H,25,29)/t14-/m1/s1. The second-order valence-corrected chi connectivity index (χ2v) is 8.50. The van der Waals surface area contributed by atoms with Gasteiger partial charge in [0.2, 0.25) is 5.91 Å². The summed E-state index contributed by atoms with van der Waals surface area (Å²) in [4.78, 5) is 24.9. The number of nitrogens with zero attached hydrogens (tertiary/aromatic N) is 3. The van der Waals surface area contributed by atoms with Crippen molar-refractivity contribution < 1.29 is 14.3 Å². The van der Waals surface area contributed by atoms with Crippen molar-refractivity contribution in [3.05, 3.63) is 64.4 Å². The van der Waals surface area contributed by atoms with Gasteiger partial charge in [-0.25, -0.2) is 0 Å². The van der Waals surface area contributed by atoms with Crippen LogP contribution in [-0.4, -0.2) is 39.4 Å². The normalized spacial score (nSPS) is 11.7. The van der Waals surface area contributed by atoms with Gasteiger partial charge in [0.25, 0.3) is 5.91 Å². The molecule has 32 heavy (non-hydrogen) atoms. The first-order valence-corrected chi connectivity index (χ1v) is 11.2. The maximum atomic E-state index is 12.5. The lowest BCUT2D eigenvalue weighted by atomic mass is 10.2. The average molecular weight is 474 g/mol. The highest BCUT2D eigenvalue weighted by Gasteiger charge is 2.19. The van der Waals surface area contributed by atoms with Gasteiger partial charge in [0.1, 0.15) is 5.75 Å². The molecule has 0 saturated heterocycles. The van der Waals surface area contributed by atoms with Crippen LogP contribution < -0.4 is 15.4 Å². The van der Waals surface area contributed by atoms with Crippen LogP contribution >= 0.6 is 23.4 Å². The van der Waals surface area contributed by atoms with E-state index in [2.05, 4.69) is 20.8 Å². The van der Waals surface area contributed by atoms with Crippen molar-refractivity contribution >= 4 is 40.9 Å². The molecule has 0 radical (unpaired) electrons. The van der Waals surface area contributed by atoms with Gasteiger partial charge in [0, 0.05) is 23.3 Å². The van der Waals surface area contributed by atoms with Crippen LogP contribution in [0.15, 0.2) is 47.6 Å². The zero-order valence-electron chi connectivity index (χ0n) is 18.2. The molecule has 0 unspecified atom stereocenters. The SMILES string of the molecule is COc1ccc(C(=O)N[C@H](C)c2nnc(SCC(=O)Nc3cc(Cl)ccc3C)n2C)cc1. The smallest absolute Gasteiger partial charge is 0.251 e. The Kier molecular flexibility index (Phi) is 7.76. The van der Waals surface area contributed by atoms with E-state index in [9.17, 15) is 9.59 Å². The Labute approximate surface area is 195 Å². The number of hydrogen-bond donors (Lipinski definition) is 2. The lowest BCUT2D eigenvalue weighted by Crippen LogP contribution is -2.28. The first-order valence-electron chi connectivity index (χ1n) is 9.81. The number of benzene rings is 2. The van der Waals surface area contributed by atoms with Gasteiger partial charge in [-0.15, -0.1) is 10.2 Å². The fourth-order valence-corrected chi connectivity index (χ4v) is 3.85. The van der Waals surface area contributed by atoms with Gasteiger partial charge in [0.05, 0.1) is 18.9 Å². The topological polar surface area (TPSA) is 98.1 Å². The number of rotatable bonds is 8. The highest BCUT2D eigenvalue weighted by molar-refractivity contribution is 7.99. The van der Waals surface area contributed by atoms with Crippen LogP contribution in [0.25, 0.3) is 0 Å². The number of ether oxygens (including phenoxy) is 1. The molecule has 0 fully saturated rings. The van der Waals surface area contributed by atoms with Crippen molar-refractivity contribution in [1.82, 2.24) is 20.1 Å². The van der Waals surface area contributed by atoms with Crippen LogP contribution in [0.5, 0.6) is 5.75 Å². The third-order valence-electron chi connectivity index (χ3n) is 4.76. The first-order chi connectivity index (χ1) is 15.3. The molecule has 2 aromatic carbocycles. The fraction of sp³-hybridized carbons (Fsp3) is 0.273. The molecular weight excluding hydrogens is 450 g/mol. The predicted octanol–water partition coefficient (Wildman–Crippen LogP) is 4.01. The van der Waals surface area contributed by atoms with Crippen molar-refractivity contribution in [3.8, 4) is 5.75 Å². The largest absolute Gasteiger partial charge is 0.497 e. The van der Waals surface area contributed by atoms with Gasteiger partial charge < -0.3 is 19.9 Å². The van der Waals surface area contributed by atoms with Gasteiger partial charge in [0.15, 0.2) is 11.0 Å². The van der Waals surface area contributed by atoms with E-state index in [0.717, 1.165) is 5.56 Å². The molecule has 2 N–H and O–H groups in total. The van der Waals surface area contributed by atoms with E-state index in [1.54, 1.807) is 55.1 Å². The highest BCUT2D eigenvalue weighted by atomic mass is 35.5. The van der Waals surface area contributed by atoms with Gasteiger partial charge in [-0.2, -0.15) is 0 Å². The number of carbonyl (C=O) groups is 2. The molecule has 2 amide bonds. The molecule has 1 atom stereocenters. The Balaban J connectivity index is 1.58. The summed E-state index contributed by atoms with van der Waals surface area (Å²) in [6.45, 7) is 3.73. The van der Waals surface area contributed by atoms with Crippen molar-refractivity contribution in [2.75, 3.05) is 18.2 Å². The van der Waals surface area contributed by atoms with Crippen molar-refractivity contribution in [3.63, 3.8) is 0 Å². The monoisotopic (exact) mass is 473 g/mol. The van der Waals surface area contributed by atoms with Gasteiger partial charge >= 0.3 is 0 Å². The zero-order valence-corrected chi connectivity index (χ0v) is 19.8. The summed E-state index contributed by atoms with van der Waals surface area (Å²) in [7, 11) is 3.37. The molecule has 10 heteroatoms. The summed E-state index contributed by atoms with van der Waals surface area (Å²) < 4.78 is 6.88. The number of carbonyl (C=O) groups excluding carboxylic acids is 2. The summed E-state index contributed by atoms with van der Waals surface area (Å²) in [6.07, 6.45) is 0. The molecule has 168 valence electrons. The molecule has 8 nitrogen and oxygen atoms in total. The minimum Gasteiger partial charge on any atom is -0.497 e. The molecule has 1 aromatic heterocycles. The summed E-state index contributed by atoms with van der Waals surface area (Å²) >= 11 is 7.26. The Morgan fingerprint density at radius 2 is 1.91 bits per heavy atom. The fourth-order valence-electron chi connectivity index (χ4n) is 2.96. The van der Waals surface area contributed by atoms with Crippen LogP contribution in [-0.2, 0) is 11.8 Å².